The van der Waals surface area contributed by atoms with Crippen molar-refractivity contribution in [2.24, 2.45) is 0 Å². The molecule has 7 heteroatoms. The summed E-state index contributed by atoms with van der Waals surface area (Å²) in [6.07, 6.45) is 3.03. The molecule has 1 atom stereocenters. The Balaban J connectivity index is 1.64. The molecular formula is C21H30FN3O3. The van der Waals surface area contributed by atoms with Gasteiger partial charge in [0, 0.05) is 57.9 Å². The molecule has 0 spiro atoms. The fraction of sp³-hybridized carbons (Fsp3) is 0.571. The second kappa shape index (κ2) is 9.03. The molecule has 0 saturated carbocycles. The predicted molar refractivity (Wildman–Crippen MR) is 106 cm³/mol. The molecule has 1 aromatic carbocycles. The van der Waals surface area contributed by atoms with E-state index in [0.717, 1.165) is 32.7 Å². The number of nitrogens with zero attached hydrogens (tertiary/aromatic N) is 3. The van der Waals surface area contributed by atoms with E-state index in [1.165, 1.54) is 13.2 Å². The van der Waals surface area contributed by atoms with E-state index in [4.69, 9.17) is 4.74 Å². The van der Waals surface area contributed by atoms with Gasteiger partial charge in [0.1, 0.15) is 11.6 Å². The average Bonchev–Trinajstić information content (AvgIpc) is 2.69. The number of carbonyl (C=O) groups excluding carboxylic acids is 1. The van der Waals surface area contributed by atoms with Crippen LogP contribution in [-0.4, -0.2) is 84.2 Å². The van der Waals surface area contributed by atoms with Gasteiger partial charge in [-0.05, 0) is 31.0 Å². The van der Waals surface area contributed by atoms with E-state index in [-0.39, 0.29) is 18.3 Å². The number of hydrogen-bond acceptors (Lipinski definition) is 5. The number of ether oxygens (including phenoxy) is 1. The molecule has 6 nitrogen and oxygen atoms in total. The molecular weight excluding hydrogens is 361 g/mol. The number of carbonyl (C=O) groups is 1. The number of aliphatic hydroxyl groups is 1. The van der Waals surface area contributed by atoms with Crippen LogP contribution in [0.5, 0.6) is 5.75 Å². The number of halogens is 1. The van der Waals surface area contributed by atoms with Crippen molar-refractivity contribution < 1.29 is 19.0 Å². The van der Waals surface area contributed by atoms with Crippen LogP contribution in [0.4, 0.5) is 4.39 Å². The first-order valence-corrected chi connectivity index (χ1v) is 9.85. The molecule has 3 rings (SSSR count). The van der Waals surface area contributed by atoms with Gasteiger partial charge in [0.15, 0.2) is 5.60 Å². The summed E-state index contributed by atoms with van der Waals surface area (Å²) in [5.74, 6) is -0.135. The lowest BCUT2D eigenvalue weighted by molar-refractivity contribution is -0.160. The van der Waals surface area contributed by atoms with Crippen LogP contribution in [-0.2, 0) is 11.3 Å². The maximum atomic E-state index is 14.2. The molecule has 28 heavy (non-hydrogen) atoms. The van der Waals surface area contributed by atoms with Crippen LogP contribution in [0.25, 0.3) is 0 Å². The number of methoxy groups -OCH3 is 1. The van der Waals surface area contributed by atoms with Gasteiger partial charge in [-0.1, -0.05) is 6.08 Å². The number of piperidine rings is 1. The van der Waals surface area contributed by atoms with Gasteiger partial charge in [-0.3, -0.25) is 14.6 Å². The molecule has 154 valence electrons. The number of likely N-dealkylation sites (tertiary alicyclic amines) is 1. The van der Waals surface area contributed by atoms with Crippen molar-refractivity contribution in [2.75, 3.05) is 52.9 Å². The maximum absolute atomic E-state index is 14.2. The van der Waals surface area contributed by atoms with E-state index in [1.807, 2.05) is 6.08 Å². The van der Waals surface area contributed by atoms with Crippen LogP contribution in [0, 0.1) is 5.82 Å². The van der Waals surface area contributed by atoms with Crippen LogP contribution >= 0.6 is 0 Å². The van der Waals surface area contributed by atoms with E-state index in [2.05, 4.69) is 16.4 Å². The zero-order valence-electron chi connectivity index (χ0n) is 16.6. The number of rotatable bonds is 7. The molecule has 2 aliphatic rings. The van der Waals surface area contributed by atoms with Gasteiger partial charge in [-0.2, -0.15) is 0 Å². The predicted octanol–water partition coefficient (Wildman–Crippen LogP) is 1.49. The molecule has 1 aromatic rings. The maximum Gasteiger partial charge on any atom is 0.256 e. The first kappa shape index (κ1) is 20.8. The quantitative estimate of drug-likeness (QED) is 0.714. The topological polar surface area (TPSA) is 56.3 Å². The summed E-state index contributed by atoms with van der Waals surface area (Å²) in [6.45, 7) is 9.03. The van der Waals surface area contributed by atoms with Crippen molar-refractivity contribution in [3.63, 3.8) is 0 Å². The molecule has 1 unspecified atom stereocenters. The van der Waals surface area contributed by atoms with Crippen LogP contribution < -0.4 is 4.74 Å². The summed E-state index contributed by atoms with van der Waals surface area (Å²) < 4.78 is 19.3. The highest BCUT2D eigenvalue weighted by Gasteiger charge is 2.43. The summed E-state index contributed by atoms with van der Waals surface area (Å²) in [6, 6.07) is 4.51. The lowest BCUT2D eigenvalue weighted by Crippen LogP contribution is -2.60. The molecule has 0 aliphatic carbocycles. The summed E-state index contributed by atoms with van der Waals surface area (Å²) >= 11 is 0. The van der Waals surface area contributed by atoms with E-state index >= 15 is 0 Å². The molecule has 1 N–H and O–H groups in total. The minimum absolute atomic E-state index is 0.136. The Labute approximate surface area is 166 Å². The second-order valence-electron chi connectivity index (χ2n) is 7.68. The van der Waals surface area contributed by atoms with E-state index in [1.54, 1.807) is 17.0 Å². The molecule has 0 radical (unpaired) electrons. The molecule has 1 amide bonds. The third kappa shape index (κ3) is 4.71. The Morgan fingerprint density at radius 1 is 1.25 bits per heavy atom. The third-order valence-electron chi connectivity index (χ3n) is 5.66. The van der Waals surface area contributed by atoms with Gasteiger partial charge in [-0.15, -0.1) is 6.58 Å². The second-order valence-corrected chi connectivity index (χ2v) is 7.68. The standard InChI is InChI=1S/C21H30FN3O3/c1-3-8-23-10-12-24(13-11-23)16-21(27)7-4-9-25(20(21)26)15-17-14-18(28-2)5-6-19(17)22/h3,5-6,14,27H,1,4,7-13,15-16H2,2H3. The Morgan fingerprint density at radius 2 is 1.96 bits per heavy atom. The summed E-state index contributed by atoms with van der Waals surface area (Å²) in [5.41, 5.74) is -1.01. The van der Waals surface area contributed by atoms with Crippen molar-refractivity contribution in [1.29, 1.82) is 0 Å². The lowest BCUT2D eigenvalue weighted by Gasteiger charge is -2.43. The molecule has 2 saturated heterocycles. The summed E-state index contributed by atoms with van der Waals surface area (Å²) in [5, 5.41) is 11.1. The van der Waals surface area contributed by atoms with Crippen molar-refractivity contribution in [3.05, 3.63) is 42.2 Å². The van der Waals surface area contributed by atoms with Crippen molar-refractivity contribution >= 4 is 5.91 Å². The van der Waals surface area contributed by atoms with Crippen molar-refractivity contribution in [3.8, 4) is 5.75 Å². The fourth-order valence-electron chi connectivity index (χ4n) is 4.05. The first-order chi connectivity index (χ1) is 13.4. The number of piperazine rings is 1. The normalized spacial score (nSPS) is 24.4. The van der Waals surface area contributed by atoms with E-state index in [9.17, 15) is 14.3 Å². The molecule has 2 fully saturated rings. The number of β-amino-alcohol motifs (C(OH)–C–C–N with tert-alkyl or cyclic N) is 1. The molecule has 0 aromatic heterocycles. The van der Waals surface area contributed by atoms with Crippen molar-refractivity contribution in [1.82, 2.24) is 14.7 Å². The largest absolute Gasteiger partial charge is 0.497 e. The summed E-state index contributed by atoms with van der Waals surface area (Å²) in [7, 11) is 1.52. The van der Waals surface area contributed by atoms with E-state index in [0.29, 0.717) is 37.2 Å². The Kier molecular flexibility index (Phi) is 6.69. The Morgan fingerprint density at radius 3 is 2.64 bits per heavy atom. The van der Waals surface area contributed by atoms with Crippen molar-refractivity contribution in [2.45, 2.75) is 25.0 Å². The zero-order chi connectivity index (χ0) is 20.1. The average molecular weight is 391 g/mol. The van der Waals surface area contributed by atoms with Gasteiger partial charge >= 0.3 is 0 Å². The van der Waals surface area contributed by atoms with Gasteiger partial charge in [0.25, 0.3) is 5.91 Å². The minimum atomic E-state index is -1.41. The smallest absolute Gasteiger partial charge is 0.256 e. The Hall–Kier alpha value is -1.96. The van der Waals surface area contributed by atoms with Gasteiger partial charge < -0.3 is 14.7 Å². The van der Waals surface area contributed by atoms with Gasteiger partial charge in [0.2, 0.25) is 0 Å². The molecule has 0 bridgehead atoms. The highest BCUT2D eigenvalue weighted by atomic mass is 19.1. The number of amides is 1. The van der Waals surface area contributed by atoms with Crippen LogP contribution in [0.3, 0.4) is 0 Å². The van der Waals surface area contributed by atoms with Gasteiger partial charge in [-0.25, -0.2) is 4.39 Å². The SMILES string of the molecule is C=CCN1CCN(CC2(O)CCCN(Cc3cc(OC)ccc3F)C2=O)CC1. The van der Waals surface area contributed by atoms with Crippen LogP contribution in [0.1, 0.15) is 18.4 Å². The molecule has 2 heterocycles. The highest BCUT2D eigenvalue weighted by molar-refractivity contribution is 5.86. The monoisotopic (exact) mass is 391 g/mol. The lowest BCUT2D eigenvalue weighted by atomic mass is 9.90. The Bertz CT molecular complexity index is 706. The van der Waals surface area contributed by atoms with Crippen LogP contribution in [0.2, 0.25) is 0 Å². The van der Waals surface area contributed by atoms with Crippen LogP contribution in [0.15, 0.2) is 30.9 Å². The number of benzene rings is 1. The zero-order valence-corrected chi connectivity index (χ0v) is 16.6. The molecule has 2 aliphatic heterocycles. The fourth-order valence-corrected chi connectivity index (χ4v) is 4.05. The first-order valence-electron chi connectivity index (χ1n) is 9.85. The van der Waals surface area contributed by atoms with Gasteiger partial charge in [0.05, 0.1) is 7.11 Å². The highest BCUT2D eigenvalue weighted by Crippen LogP contribution is 2.27. The third-order valence-corrected chi connectivity index (χ3v) is 5.66. The van der Waals surface area contributed by atoms with E-state index < -0.39 is 5.60 Å². The minimum Gasteiger partial charge on any atom is -0.497 e. The summed E-state index contributed by atoms with van der Waals surface area (Å²) in [4.78, 5) is 19.0. The number of hydrogen-bond donors (Lipinski definition) is 1.